The van der Waals surface area contributed by atoms with Crippen LogP contribution in [0.15, 0.2) is 47.0 Å². The molecule has 0 radical (unpaired) electrons. The van der Waals surface area contributed by atoms with E-state index in [2.05, 4.69) is 20.4 Å². The summed E-state index contributed by atoms with van der Waals surface area (Å²) < 4.78 is 16.2. The molecule has 8 heteroatoms. The highest BCUT2D eigenvalue weighted by Crippen LogP contribution is 2.28. The second-order valence-corrected chi connectivity index (χ2v) is 8.98. The summed E-state index contributed by atoms with van der Waals surface area (Å²) >= 11 is 0. The maximum Gasteiger partial charge on any atom is 0.241 e. The zero-order valence-corrected chi connectivity index (χ0v) is 20.8. The summed E-state index contributed by atoms with van der Waals surface area (Å²) in [5, 5.41) is 7.27. The van der Waals surface area contributed by atoms with Crippen molar-refractivity contribution < 1.29 is 18.8 Å². The van der Waals surface area contributed by atoms with Gasteiger partial charge in [-0.3, -0.25) is 9.69 Å². The lowest BCUT2D eigenvalue weighted by atomic mass is 9.97. The van der Waals surface area contributed by atoms with Crippen LogP contribution in [-0.4, -0.2) is 54.8 Å². The standard InChI is InChI=1S/C27H34N4O4/c1-19-8-4-5-11-22(19)26-29-25(35-30-26)18-31-15-7-10-21(17-31)27(32)28-14-6-9-20-12-13-23(33-2)24(16-20)34-3/h4-5,8,11-13,16,21H,6-7,9-10,14-15,17-18H2,1-3H3,(H,28,32). The van der Waals surface area contributed by atoms with E-state index < -0.39 is 0 Å². The van der Waals surface area contributed by atoms with Crippen LogP contribution < -0.4 is 14.8 Å². The van der Waals surface area contributed by atoms with Crippen molar-refractivity contribution in [3.05, 3.63) is 59.5 Å². The molecule has 186 valence electrons. The maximum atomic E-state index is 12.8. The van der Waals surface area contributed by atoms with Gasteiger partial charge < -0.3 is 19.3 Å². The van der Waals surface area contributed by atoms with Crippen molar-refractivity contribution >= 4 is 5.91 Å². The van der Waals surface area contributed by atoms with E-state index in [9.17, 15) is 4.79 Å². The van der Waals surface area contributed by atoms with E-state index >= 15 is 0 Å². The van der Waals surface area contributed by atoms with Crippen molar-refractivity contribution in [1.29, 1.82) is 0 Å². The van der Waals surface area contributed by atoms with Crippen molar-refractivity contribution in [3.63, 3.8) is 0 Å². The van der Waals surface area contributed by atoms with Gasteiger partial charge in [-0.15, -0.1) is 0 Å². The van der Waals surface area contributed by atoms with Gasteiger partial charge in [0, 0.05) is 18.7 Å². The number of piperidine rings is 1. The average molecular weight is 479 g/mol. The molecule has 2 aromatic carbocycles. The number of hydrogen-bond acceptors (Lipinski definition) is 7. The Hall–Kier alpha value is -3.39. The molecule has 8 nitrogen and oxygen atoms in total. The van der Waals surface area contributed by atoms with E-state index in [4.69, 9.17) is 14.0 Å². The molecule has 0 aliphatic carbocycles. The number of aromatic nitrogens is 2. The molecule has 35 heavy (non-hydrogen) atoms. The molecule has 0 spiro atoms. The zero-order valence-electron chi connectivity index (χ0n) is 20.8. The fourth-order valence-electron chi connectivity index (χ4n) is 4.54. The van der Waals surface area contributed by atoms with E-state index in [-0.39, 0.29) is 11.8 Å². The van der Waals surface area contributed by atoms with Gasteiger partial charge in [-0.25, -0.2) is 0 Å². The lowest BCUT2D eigenvalue weighted by molar-refractivity contribution is -0.126. The first-order chi connectivity index (χ1) is 17.1. The molecular weight excluding hydrogens is 444 g/mol. The lowest BCUT2D eigenvalue weighted by Crippen LogP contribution is -2.43. The Balaban J connectivity index is 1.23. The van der Waals surface area contributed by atoms with Crippen molar-refractivity contribution in [3.8, 4) is 22.9 Å². The number of amides is 1. The molecule has 4 rings (SSSR count). The largest absolute Gasteiger partial charge is 0.493 e. The molecule has 1 N–H and O–H groups in total. The Bertz CT molecular complexity index is 1130. The van der Waals surface area contributed by atoms with Gasteiger partial charge in [0.15, 0.2) is 11.5 Å². The van der Waals surface area contributed by atoms with E-state index in [0.29, 0.717) is 31.3 Å². The number of rotatable bonds is 10. The quantitative estimate of drug-likeness (QED) is 0.440. The normalized spacial score (nSPS) is 16.1. The minimum absolute atomic E-state index is 0.0245. The molecule has 2 heterocycles. The highest BCUT2D eigenvalue weighted by Gasteiger charge is 2.26. The first kappa shape index (κ1) is 24.7. The highest BCUT2D eigenvalue weighted by molar-refractivity contribution is 5.78. The van der Waals surface area contributed by atoms with Gasteiger partial charge in [-0.05, 0) is 62.4 Å². The molecule has 0 saturated carbocycles. The molecule has 3 aromatic rings. The summed E-state index contributed by atoms with van der Waals surface area (Å²) in [7, 11) is 3.27. The Kier molecular flexibility index (Phi) is 8.36. The van der Waals surface area contributed by atoms with Crippen LogP contribution in [0.5, 0.6) is 11.5 Å². The lowest BCUT2D eigenvalue weighted by Gasteiger charge is -2.30. The number of nitrogens with zero attached hydrogens (tertiary/aromatic N) is 3. The van der Waals surface area contributed by atoms with Crippen molar-refractivity contribution in [2.45, 2.75) is 39.2 Å². The van der Waals surface area contributed by atoms with Crippen LogP contribution in [0.2, 0.25) is 0 Å². The van der Waals surface area contributed by atoms with Crippen molar-refractivity contribution in [2.24, 2.45) is 5.92 Å². The Morgan fingerprint density at radius 2 is 2.00 bits per heavy atom. The molecule has 1 amide bonds. The molecule has 0 bridgehead atoms. The van der Waals surface area contributed by atoms with Crippen LogP contribution in [0.3, 0.4) is 0 Å². The second-order valence-electron chi connectivity index (χ2n) is 8.98. The summed E-state index contributed by atoms with van der Waals surface area (Å²) in [4.78, 5) is 19.6. The fraction of sp³-hybridized carbons (Fsp3) is 0.444. The molecule has 1 aliphatic rings. The smallest absolute Gasteiger partial charge is 0.241 e. The molecule has 1 fully saturated rings. The predicted octanol–water partition coefficient (Wildman–Crippen LogP) is 4.02. The Morgan fingerprint density at radius 3 is 2.80 bits per heavy atom. The number of ether oxygens (including phenoxy) is 2. The molecule has 1 aromatic heterocycles. The van der Waals surface area contributed by atoms with Crippen LogP contribution in [0.4, 0.5) is 0 Å². The first-order valence-electron chi connectivity index (χ1n) is 12.2. The first-order valence-corrected chi connectivity index (χ1v) is 12.2. The number of benzene rings is 2. The summed E-state index contributed by atoms with van der Waals surface area (Å²) in [5.41, 5.74) is 3.25. The van der Waals surface area contributed by atoms with Gasteiger partial charge in [0.25, 0.3) is 0 Å². The third-order valence-corrected chi connectivity index (χ3v) is 6.48. The molecule has 1 unspecified atom stereocenters. The van der Waals surface area contributed by atoms with Gasteiger partial charge in [0.05, 0.1) is 26.7 Å². The number of nitrogens with one attached hydrogen (secondary N) is 1. The van der Waals surface area contributed by atoms with Gasteiger partial charge in [0.1, 0.15) is 0 Å². The second kappa shape index (κ2) is 11.8. The predicted molar refractivity (Wildman–Crippen MR) is 133 cm³/mol. The minimum atomic E-state index is -0.0245. The van der Waals surface area contributed by atoms with Crippen LogP contribution in [0.25, 0.3) is 11.4 Å². The summed E-state index contributed by atoms with van der Waals surface area (Å²) in [6.45, 7) is 4.86. The monoisotopic (exact) mass is 478 g/mol. The average Bonchev–Trinajstić information content (AvgIpc) is 3.34. The van der Waals surface area contributed by atoms with Gasteiger partial charge in [0.2, 0.25) is 17.6 Å². The maximum absolute atomic E-state index is 12.8. The summed E-state index contributed by atoms with van der Waals surface area (Å²) in [5.74, 6) is 2.73. The van der Waals surface area contributed by atoms with Gasteiger partial charge >= 0.3 is 0 Å². The van der Waals surface area contributed by atoms with Crippen LogP contribution >= 0.6 is 0 Å². The SMILES string of the molecule is COc1ccc(CCCNC(=O)C2CCCN(Cc3nc(-c4ccccc4C)no3)C2)cc1OC. The Labute approximate surface area is 206 Å². The van der Waals surface area contributed by atoms with Crippen LogP contribution in [0, 0.1) is 12.8 Å². The van der Waals surface area contributed by atoms with Gasteiger partial charge in [-0.2, -0.15) is 4.98 Å². The van der Waals surface area contributed by atoms with Gasteiger partial charge in [-0.1, -0.05) is 35.5 Å². The summed E-state index contributed by atoms with van der Waals surface area (Å²) in [6, 6.07) is 13.9. The van der Waals surface area contributed by atoms with Crippen LogP contribution in [0.1, 0.15) is 36.3 Å². The number of carbonyl (C=O) groups is 1. The van der Waals surface area contributed by atoms with E-state index in [1.54, 1.807) is 14.2 Å². The zero-order chi connectivity index (χ0) is 24.6. The van der Waals surface area contributed by atoms with E-state index in [1.165, 1.54) is 0 Å². The van der Waals surface area contributed by atoms with Crippen molar-refractivity contribution in [2.75, 3.05) is 33.9 Å². The van der Waals surface area contributed by atoms with E-state index in [0.717, 1.165) is 60.4 Å². The number of carbonyl (C=O) groups excluding carboxylic acids is 1. The number of aryl methyl sites for hydroxylation is 2. The number of hydrogen-bond donors (Lipinski definition) is 1. The minimum Gasteiger partial charge on any atom is -0.493 e. The molecule has 1 saturated heterocycles. The van der Waals surface area contributed by atoms with Crippen LogP contribution in [-0.2, 0) is 17.8 Å². The third-order valence-electron chi connectivity index (χ3n) is 6.48. The fourth-order valence-corrected chi connectivity index (χ4v) is 4.54. The third kappa shape index (κ3) is 6.39. The Morgan fingerprint density at radius 1 is 1.17 bits per heavy atom. The summed E-state index contributed by atoms with van der Waals surface area (Å²) in [6.07, 6.45) is 3.60. The van der Waals surface area contributed by atoms with E-state index in [1.807, 2.05) is 49.4 Å². The molecule has 1 aliphatic heterocycles. The number of methoxy groups -OCH3 is 2. The molecule has 1 atom stereocenters. The van der Waals surface area contributed by atoms with Crippen molar-refractivity contribution in [1.82, 2.24) is 20.4 Å². The molecular formula is C27H34N4O4. The topological polar surface area (TPSA) is 89.7 Å². The number of likely N-dealkylation sites (tertiary alicyclic amines) is 1. The highest BCUT2D eigenvalue weighted by atomic mass is 16.5.